The van der Waals surface area contributed by atoms with Gasteiger partial charge in [-0.3, -0.25) is 0 Å². The molecule has 1 fully saturated rings. The zero-order valence-electron chi connectivity index (χ0n) is 13.6. The minimum atomic E-state index is -0.443. The van der Waals surface area contributed by atoms with E-state index >= 15 is 0 Å². The Bertz CT molecular complexity index is 499. The van der Waals surface area contributed by atoms with Gasteiger partial charge in [0.1, 0.15) is 5.75 Å². The molecule has 0 bridgehead atoms. The summed E-state index contributed by atoms with van der Waals surface area (Å²) in [5.74, 6) is 0.239. The van der Waals surface area contributed by atoms with Crippen molar-refractivity contribution in [2.75, 3.05) is 0 Å². The fourth-order valence-electron chi connectivity index (χ4n) is 2.40. The van der Waals surface area contributed by atoms with E-state index in [1.54, 1.807) is 12.1 Å². The van der Waals surface area contributed by atoms with E-state index in [0.29, 0.717) is 0 Å². The molecule has 1 heterocycles. The van der Waals surface area contributed by atoms with Crippen LogP contribution in [0, 0.1) is 0 Å². The largest absolute Gasteiger partial charge is 0.508 e. The summed E-state index contributed by atoms with van der Waals surface area (Å²) in [7, 11) is -0.443. The van der Waals surface area contributed by atoms with E-state index in [4.69, 9.17) is 9.31 Å². The molecule has 3 nitrogen and oxygen atoms in total. The fourth-order valence-corrected chi connectivity index (χ4v) is 2.40. The Labute approximate surface area is 122 Å². The van der Waals surface area contributed by atoms with Gasteiger partial charge in [0.15, 0.2) is 0 Å². The lowest BCUT2D eigenvalue weighted by atomic mass is 9.69. The maximum absolute atomic E-state index is 9.81. The van der Waals surface area contributed by atoms with Crippen molar-refractivity contribution in [2.45, 2.75) is 65.1 Å². The van der Waals surface area contributed by atoms with Crippen molar-refractivity contribution < 1.29 is 14.4 Å². The van der Waals surface area contributed by atoms with Gasteiger partial charge in [-0.1, -0.05) is 26.8 Å². The van der Waals surface area contributed by atoms with Crippen molar-refractivity contribution in [1.82, 2.24) is 0 Å². The summed E-state index contributed by atoms with van der Waals surface area (Å²) in [5.41, 5.74) is 1.26. The number of aromatic hydroxyl groups is 1. The summed E-state index contributed by atoms with van der Waals surface area (Å²) in [5, 5.41) is 9.81. The Morgan fingerprint density at radius 1 is 1.00 bits per heavy atom. The van der Waals surface area contributed by atoms with E-state index in [2.05, 4.69) is 20.8 Å². The number of phenols is 1. The zero-order chi connectivity index (χ0) is 15.3. The van der Waals surface area contributed by atoms with Gasteiger partial charge in [0.2, 0.25) is 0 Å². The molecular weight excluding hydrogens is 251 g/mol. The van der Waals surface area contributed by atoms with Gasteiger partial charge in [0.25, 0.3) is 0 Å². The Morgan fingerprint density at radius 3 is 1.95 bits per heavy atom. The van der Waals surface area contributed by atoms with Crippen LogP contribution in [-0.4, -0.2) is 23.4 Å². The van der Waals surface area contributed by atoms with Gasteiger partial charge in [-0.05, 0) is 56.3 Å². The second-order valence-corrected chi connectivity index (χ2v) is 7.61. The summed E-state index contributed by atoms with van der Waals surface area (Å²) in [6.45, 7) is 14.6. The molecule has 1 aromatic carbocycles. The van der Waals surface area contributed by atoms with E-state index in [1.807, 2.05) is 33.8 Å². The minimum absolute atomic E-state index is 0.0351. The lowest BCUT2D eigenvalue weighted by molar-refractivity contribution is 0.00578. The summed E-state index contributed by atoms with van der Waals surface area (Å²) < 4.78 is 12.2. The highest BCUT2D eigenvalue weighted by atomic mass is 16.7. The highest BCUT2D eigenvalue weighted by Crippen LogP contribution is 2.37. The third-order valence-electron chi connectivity index (χ3n) is 4.35. The summed E-state index contributed by atoms with van der Waals surface area (Å²) in [4.78, 5) is 0. The second kappa shape index (κ2) is 4.50. The van der Waals surface area contributed by atoms with Gasteiger partial charge >= 0.3 is 7.12 Å². The molecule has 1 aromatic rings. The first-order valence-electron chi connectivity index (χ1n) is 7.13. The molecule has 2 rings (SSSR count). The summed E-state index contributed by atoms with van der Waals surface area (Å²) in [6.07, 6.45) is 0. The van der Waals surface area contributed by atoms with E-state index in [-0.39, 0.29) is 22.4 Å². The van der Waals surface area contributed by atoms with Crippen LogP contribution >= 0.6 is 0 Å². The van der Waals surface area contributed by atoms with Gasteiger partial charge in [-0.2, -0.15) is 0 Å². The molecular formula is C16H25BO3. The highest BCUT2D eigenvalue weighted by molar-refractivity contribution is 6.62. The fraction of sp³-hybridized carbons (Fsp3) is 0.625. The maximum Gasteiger partial charge on any atom is 0.495 e. The third-order valence-corrected chi connectivity index (χ3v) is 4.35. The average Bonchev–Trinajstić information content (AvgIpc) is 2.46. The first-order valence-corrected chi connectivity index (χ1v) is 7.13. The van der Waals surface area contributed by atoms with E-state index in [9.17, 15) is 5.11 Å². The van der Waals surface area contributed by atoms with Crippen LogP contribution < -0.4 is 5.46 Å². The van der Waals surface area contributed by atoms with Gasteiger partial charge in [0.05, 0.1) is 11.2 Å². The molecule has 4 heteroatoms. The molecule has 0 aromatic heterocycles. The lowest BCUT2D eigenvalue weighted by Crippen LogP contribution is -2.41. The Hall–Kier alpha value is -0.995. The van der Waals surface area contributed by atoms with E-state index in [1.165, 1.54) is 0 Å². The molecule has 0 unspecified atom stereocenters. The van der Waals surface area contributed by atoms with Crippen LogP contribution in [0.1, 0.15) is 54.0 Å². The minimum Gasteiger partial charge on any atom is -0.508 e. The molecule has 0 amide bonds. The molecule has 1 saturated heterocycles. The molecule has 1 N–H and O–H groups in total. The molecule has 1 aliphatic heterocycles. The first kappa shape index (κ1) is 15.4. The van der Waals surface area contributed by atoms with Crippen LogP contribution in [-0.2, 0) is 14.7 Å². The lowest BCUT2D eigenvalue weighted by Gasteiger charge is -2.32. The quantitative estimate of drug-likeness (QED) is 0.801. The van der Waals surface area contributed by atoms with Gasteiger partial charge in [0, 0.05) is 0 Å². The SMILES string of the molecule is CC(C)(C)c1ccc(O)cc1B1OC(C)(C)C(C)(C)O1. The normalized spacial score (nSPS) is 21.2. The Morgan fingerprint density at radius 2 is 1.50 bits per heavy atom. The highest BCUT2D eigenvalue weighted by Gasteiger charge is 2.52. The standard InChI is InChI=1S/C16H25BO3/c1-14(2,3)12-9-8-11(18)10-13(12)17-19-15(4,5)16(6,7)20-17/h8-10,18H,1-7H3. The molecule has 0 spiro atoms. The predicted molar refractivity (Wildman–Crippen MR) is 82.5 cm³/mol. The van der Waals surface area contributed by atoms with Crippen LogP contribution in [0.15, 0.2) is 18.2 Å². The summed E-state index contributed by atoms with van der Waals surface area (Å²) in [6, 6.07) is 5.42. The number of hydrogen-bond acceptors (Lipinski definition) is 3. The molecule has 20 heavy (non-hydrogen) atoms. The predicted octanol–water partition coefficient (Wildman–Crippen LogP) is 2.99. The first-order chi connectivity index (χ1) is 8.94. The molecule has 0 radical (unpaired) electrons. The number of rotatable bonds is 1. The molecule has 1 aliphatic rings. The number of phenolic OH excluding ortho intramolecular Hbond substituents is 1. The monoisotopic (exact) mass is 276 g/mol. The van der Waals surface area contributed by atoms with Crippen LogP contribution in [0.3, 0.4) is 0 Å². The van der Waals surface area contributed by atoms with Crippen LogP contribution in [0.4, 0.5) is 0 Å². The Balaban J connectivity index is 2.47. The van der Waals surface area contributed by atoms with Crippen molar-refractivity contribution in [2.24, 2.45) is 0 Å². The van der Waals surface area contributed by atoms with Crippen molar-refractivity contribution in [3.63, 3.8) is 0 Å². The van der Waals surface area contributed by atoms with Crippen molar-refractivity contribution in [3.05, 3.63) is 23.8 Å². The smallest absolute Gasteiger partial charge is 0.495 e. The van der Waals surface area contributed by atoms with Crippen molar-refractivity contribution >= 4 is 12.6 Å². The van der Waals surface area contributed by atoms with Gasteiger partial charge < -0.3 is 14.4 Å². The Kier molecular flexibility index (Phi) is 3.47. The molecule has 0 atom stereocenters. The van der Waals surface area contributed by atoms with E-state index < -0.39 is 7.12 Å². The van der Waals surface area contributed by atoms with Crippen molar-refractivity contribution in [1.29, 1.82) is 0 Å². The molecule has 0 aliphatic carbocycles. The van der Waals surface area contributed by atoms with Crippen LogP contribution in [0.5, 0.6) is 5.75 Å². The second-order valence-electron chi connectivity index (χ2n) is 7.61. The number of hydrogen-bond donors (Lipinski definition) is 1. The van der Waals surface area contributed by atoms with Crippen LogP contribution in [0.2, 0.25) is 0 Å². The maximum atomic E-state index is 9.81. The zero-order valence-corrected chi connectivity index (χ0v) is 13.6. The van der Waals surface area contributed by atoms with Crippen LogP contribution in [0.25, 0.3) is 0 Å². The molecule has 110 valence electrons. The van der Waals surface area contributed by atoms with Gasteiger partial charge in [-0.25, -0.2) is 0 Å². The summed E-state index contributed by atoms with van der Waals surface area (Å²) >= 11 is 0. The van der Waals surface area contributed by atoms with Crippen molar-refractivity contribution in [3.8, 4) is 5.75 Å². The topological polar surface area (TPSA) is 38.7 Å². The average molecular weight is 276 g/mol. The van der Waals surface area contributed by atoms with Gasteiger partial charge in [-0.15, -0.1) is 0 Å². The number of benzene rings is 1. The third kappa shape index (κ3) is 2.59. The van der Waals surface area contributed by atoms with E-state index in [0.717, 1.165) is 11.0 Å². The molecule has 0 saturated carbocycles.